The van der Waals surface area contributed by atoms with Crippen molar-refractivity contribution < 1.29 is 13.5 Å². The van der Waals surface area contributed by atoms with E-state index >= 15 is 8.78 Å². The molecule has 0 atom stereocenters. The number of aryl methyl sites for hydroxylation is 6. The molecule has 418 valence electrons. The van der Waals surface area contributed by atoms with Crippen molar-refractivity contribution in [1.29, 1.82) is 0 Å². The normalized spacial score (nSPS) is 13.4. The summed E-state index contributed by atoms with van der Waals surface area (Å²) >= 11 is 0. The zero-order chi connectivity index (χ0) is 59.1. The first-order valence-corrected chi connectivity index (χ1v) is 30.4. The van der Waals surface area contributed by atoms with Gasteiger partial charge in [0.2, 0.25) is 0 Å². The van der Waals surface area contributed by atoms with Gasteiger partial charge in [0, 0.05) is 73.5 Å². The SMILES string of the molecule is Cc1ccc2c3ccc(C)c(C)c3n(-c3cc4c5c(c3)N(c3ccccc3F)c3ccccc3B5c3cc5c(cc3O4)N(c3ccccc3)c3cc(-n4c6cc(C)ccc6c6ccc(C)c(C)c64)cc4c3B5c3ccccc3N4c3ccccc3F)c2c1. The highest BCUT2D eigenvalue weighted by molar-refractivity contribution is 7.02. The zero-order valence-corrected chi connectivity index (χ0v) is 49.4. The standard InChI is InChI=1S/C78H55B2F2N5O/c1-44-28-32-53-55-34-30-46(3)48(5)77(55)84(67(53)36-44)51-38-70-75-71(39-51)86(65-26-16-12-22-61(65)81)63-24-14-10-20-57(63)79(75)59-42-60-73(43-69(59)83(70)50-18-8-7-9-19-50)88-74-41-52(85-68-37-45(2)29-33-54(68)56-35-31-47(4)49(6)78(56)85)40-72-76(74)80(60)58-21-11-15-25-64(58)87(72)66-27-17-13-23-62(66)82/h7-43H,1-6H3. The fourth-order valence-corrected chi connectivity index (χ4v) is 15.5. The first-order valence-electron chi connectivity index (χ1n) is 30.4. The lowest BCUT2D eigenvalue weighted by atomic mass is 9.30. The van der Waals surface area contributed by atoms with Gasteiger partial charge in [-0.3, -0.25) is 0 Å². The third-order valence-corrected chi connectivity index (χ3v) is 19.7. The number of hydrogen-bond donors (Lipinski definition) is 0. The Hall–Kier alpha value is -10.6. The van der Waals surface area contributed by atoms with Crippen LogP contribution in [-0.4, -0.2) is 22.6 Å². The van der Waals surface area contributed by atoms with Crippen molar-refractivity contribution in [1.82, 2.24) is 9.13 Å². The van der Waals surface area contributed by atoms with E-state index in [1.165, 1.54) is 38.4 Å². The summed E-state index contributed by atoms with van der Waals surface area (Å²) in [5.41, 5.74) is 27.1. The van der Waals surface area contributed by atoms with Gasteiger partial charge >= 0.3 is 0 Å². The van der Waals surface area contributed by atoms with Crippen LogP contribution in [0.25, 0.3) is 55.0 Å². The number of fused-ring (bicyclic) bond motifs is 14. The summed E-state index contributed by atoms with van der Waals surface area (Å²) in [6, 6.07) is 78.3. The van der Waals surface area contributed by atoms with Crippen LogP contribution < -0.4 is 52.2 Å². The maximum atomic E-state index is 17.1. The molecule has 0 fully saturated rings. The third kappa shape index (κ3) is 6.94. The van der Waals surface area contributed by atoms with Gasteiger partial charge in [-0.1, -0.05) is 133 Å². The maximum Gasteiger partial charge on any atom is 0.256 e. The van der Waals surface area contributed by atoms with Gasteiger partial charge in [0.05, 0.1) is 44.8 Å². The van der Waals surface area contributed by atoms with Crippen molar-refractivity contribution in [3.8, 4) is 22.9 Å². The van der Waals surface area contributed by atoms with Gasteiger partial charge in [0.25, 0.3) is 13.4 Å². The van der Waals surface area contributed by atoms with Crippen LogP contribution in [0, 0.1) is 53.2 Å². The highest BCUT2D eigenvalue weighted by atomic mass is 19.1. The molecule has 2 aromatic heterocycles. The van der Waals surface area contributed by atoms with Crippen LogP contribution in [0.3, 0.4) is 0 Å². The summed E-state index contributed by atoms with van der Waals surface area (Å²) in [4.78, 5) is 6.69. The first kappa shape index (κ1) is 50.7. The Balaban J connectivity index is 0.950. The highest BCUT2D eigenvalue weighted by Gasteiger charge is 2.48. The molecule has 0 saturated carbocycles. The lowest BCUT2D eigenvalue weighted by Gasteiger charge is -2.45. The second-order valence-corrected chi connectivity index (χ2v) is 24.6. The van der Waals surface area contributed by atoms with Gasteiger partial charge < -0.3 is 28.6 Å². The van der Waals surface area contributed by atoms with E-state index in [0.29, 0.717) is 17.1 Å². The van der Waals surface area contributed by atoms with Crippen LogP contribution in [0.2, 0.25) is 0 Å². The minimum Gasteiger partial charge on any atom is -0.458 e. The van der Waals surface area contributed by atoms with E-state index in [0.717, 1.165) is 128 Å². The van der Waals surface area contributed by atoms with E-state index in [4.69, 9.17) is 4.74 Å². The molecular weight excluding hydrogens is 1080 g/mol. The molecule has 0 spiro atoms. The average molecular weight is 1140 g/mol. The van der Waals surface area contributed by atoms with Crippen molar-refractivity contribution >= 4 is 141 Å². The lowest BCUT2D eigenvalue weighted by Crippen LogP contribution is -2.64. The quantitative estimate of drug-likeness (QED) is 0.161. The van der Waals surface area contributed by atoms with E-state index in [1.54, 1.807) is 24.3 Å². The topological polar surface area (TPSA) is 28.8 Å². The Bertz CT molecular complexity index is 5420. The molecule has 88 heavy (non-hydrogen) atoms. The van der Waals surface area contributed by atoms with Crippen molar-refractivity contribution in [2.45, 2.75) is 41.5 Å². The van der Waals surface area contributed by atoms with Crippen LogP contribution in [0.4, 0.5) is 60.0 Å². The number of anilines is 9. The molecule has 0 saturated heterocycles. The minimum atomic E-state index is -0.329. The van der Waals surface area contributed by atoms with Crippen molar-refractivity contribution in [2.24, 2.45) is 0 Å². The Morgan fingerprint density at radius 1 is 0.318 bits per heavy atom. The molecule has 0 N–H and O–H groups in total. The van der Waals surface area contributed by atoms with Gasteiger partial charge in [-0.2, -0.15) is 0 Å². The van der Waals surface area contributed by atoms with Crippen LogP contribution in [-0.2, 0) is 0 Å². The molecule has 18 rings (SSSR count). The molecule has 0 radical (unpaired) electrons. The minimum absolute atomic E-state index is 0.312. The molecule has 6 heterocycles. The second kappa shape index (κ2) is 18.5. The van der Waals surface area contributed by atoms with Gasteiger partial charge in [-0.15, -0.1) is 0 Å². The Morgan fingerprint density at radius 2 is 0.773 bits per heavy atom. The number of halogens is 2. The molecule has 0 unspecified atom stereocenters. The summed E-state index contributed by atoms with van der Waals surface area (Å²) in [6.45, 7) is 12.5. The lowest BCUT2D eigenvalue weighted by molar-refractivity contribution is 0.487. The Labute approximate surface area is 509 Å². The summed E-state index contributed by atoms with van der Waals surface area (Å²) in [5, 5.41) is 4.68. The molecule has 14 aromatic rings. The largest absolute Gasteiger partial charge is 0.458 e. The van der Waals surface area contributed by atoms with Crippen LogP contribution >= 0.6 is 0 Å². The molecule has 10 heteroatoms. The molecule has 0 aliphatic carbocycles. The number of aromatic nitrogens is 2. The van der Waals surface area contributed by atoms with Crippen molar-refractivity contribution in [3.63, 3.8) is 0 Å². The number of para-hydroxylation sites is 5. The third-order valence-electron chi connectivity index (χ3n) is 19.7. The van der Waals surface area contributed by atoms with Crippen LogP contribution in [0.1, 0.15) is 33.4 Å². The molecule has 6 nitrogen and oxygen atoms in total. The first-order chi connectivity index (χ1) is 43.0. The predicted octanol–water partition coefficient (Wildman–Crippen LogP) is 16.5. The summed E-state index contributed by atoms with van der Waals surface area (Å²) in [7, 11) is 0. The Morgan fingerprint density at radius 3 is 1.32 bits per heavy atom. The van der Waals surface area contributed by atoms with E-state index in [9.17, 15) is 0 Å². The number of ether oxygens (including phenoxy) is 1. The zero-order valence-electron chi connectivity index (χ0n) is 49.4. The number of benzene rings is 12. The van der Waals surface area contributed by atoms with Crippen molar-refractivity contribution in [2.75, 3.05) is 14.7 Å². The number of rotatable bonds is 5. The van der Waals surface area contributed by atoms with E-state index in [-0.39, 0.29) is 25.1 Å². The van der Waals surface area contributed by atoms with E-state index < -0.39 is 0 Å². The molecule has 0 amide bonds. The van der Waals surface area contributed by atoms with E-state index in [2.05, 4.69) is 241 Å². The van der Waals surface area contributed by atoms with Gasteiger partial charge in [-0.25, -0.2) is 8.78 Å². The number of nitrogens with zero attached hydrogens (tertiary/aromatic N) is 5. The molecule has 4 aliphatic heterocycles. The molecule has 0 bridgehead atoms. The molecular formula is C78H55B2F2N5O. The van der Waals surface area contributed by atoms with Crippen molar-refractivity contribution in [3.05, 3.63) is 269 Å². The summed E-state index contributed by atoms with van der Waals surface area (Å²) in [6.07, 6.45) is 0. The van der Waals surface area contributed by atoms with Gasteiger partial charge in [0.1, 0.15) is 23.1 Å². The average Bonchev–Trinajstić information content (AvgIpc) is 0.819. The van der Waals surface area contributed by atoms with Crippen LogP contribution in [0.5, 0.6) is 11.5 Å². The number of hydrogen-bond acceptors (Lipinski definition) is 4. The van der Waals surface area contributed by atoms with Gasteiger partial charge in [-0.05, 0) is 187 Å². The monoisotopic (exact) mass is 1140 g/mol. The summed E-state index contributed by atoms with van der Waals surface area (Å²) in [5.74, 6) is 0.808. The van der Waals surface area contributed by atoms with E-state index in [1.807, 2.05) is 24.3 Å². The highest BCUT2D eigenvalue weighted by Crippen LogP contribution is 2.50. The predicted molar refractivity (Wildman–Crippen MR) is 363 cm³/mol. The fraction of sp³-hybridized carbons (Fsp3) is 0.0769. The van der Waals surface area contributed by atoms with Gasteiger partial charge in [0.15, 0.2) is 0 Å². The molecule has 12 aromatic carbocycles. The smallest absolute Gasteiger partial charge is 0.256 e. The second-order valence-electron chi connectivity index (χ2n) is 24.6. The van der Waals surface area contributed by atoms with Crippen LogP contribution in [0.15, 0.2) is 224 Å². The Kier molecular flexibility index (Phi) is 10.6. The molecule has 4 aliphatic rings. The fourth-order valence-electron chi connectivity index (χ4n) is 15.5. The summed E-state index contributed by atoms with van der Waals surface area (Å²) < 4.78 is 46.5. The maximum absolute atomic E-state index is 17.1.